The molecule has 0 aliphatic heterocycles. The minimum absolute atomic E-state index is 0. The van der Waals surface area contributed by atoms with Gasteiger partial charge in [0.2, 0.25) is 0 Å². The summed E-state index contributed by atoms with van der Waals surface area (Å²) >= 11 is 0. The second-order valence-corrected chi connectivity index (χ2v) is 5.43. The molecule has 1 nitrogen and oxygen atoms in total. The Hall–Kier alpha value is -2.01. The van der Waals surface area contributed by atoms with Crippen LogP contribution >= 0.6 is 0 Å². The molecule has 2 heteroatoms. The summed E-state index contributed by atoms with van der Waals surface area (Å²) in [6.45, 7) is 4.36. The molecule has 0 amide bonds. The van der Waals surface area contributed by atoms with E-state index in [1.165, 1.54) is 12.8 Å². The van der Waals surface area contributed by atoms with Gasteiger partial charge in [-0.3, -0.25) is 0 Å². The highest BCUT2D eigenvalue weighted by Gasteiger charge is 2.09. The Balaban J connectivity index is 0.000000522. The van der Waals surface area contributed by atoms with Gasteiger partial charge < -0.3 is 5.11 Å². The average Bonchev–Trinajstić information content (AvgIpc) is 2.63. The first kappa shape index (κ1) is 20.0. The van der Waals surface area contributed by atoms with Gasteiger partial charge in [0.1, 0.15) is 5.75 Å². The summed E-state index contributed by atoms with van der Waals surface area (Å²) in [7, 11) is 0. The van der Waals surface area contributed by atoms with Gasteiger partial charge in [0, 0.05) is 11.1 Å². The van der Waals surface area contributed by atoms with E-state index in [1.807, 2.05) is 78.9 Å². The van der Waals surface area contributed by atoms with Crippen LogP contribution in [0.25, 0.3) is 22.3 Å². The minimum Gasteiger partial charge on any atom is -0.507 e. The first-order chi connectivity index (χ1) is 11.3. The van der Waals surface area contributed by atoms with Crippen molar-refractivity contribution in [1.82, 2.24) is 0 Å². The van der Waals surface area contributed by atoms with Gasteiger partial charge in [-0.25, -0.2) is 0 Å². The maximum Gasteiger partial charge on any atom is 0.187 e. The van der Waals surface area contributed by atoms with E-state index in [1.54, 1.807) is 0 Å². The molecule has 0 fully saturated rings. The van der Waals surface area contributed by atoms with Crippen molar-refractivity contribution in [2.75, 3.05) is 0 Å². The van der Waals surface area contributed by atoms with Gasteiger partial charge in [0.05, 0.1) is 0 Å². The minimum atomic E-state index is 0. The molecule has 1 N–H and O–H groups in total. The summed E-state index contributed by atoms with van der Waals surface area (Å²) in [4.78, 5) is 0. The monoisotopic (exact) mass is 334 g/mol. The number of para-hydroxylation sites is 1. The van der Waals surface area contributed by atoms with E-state index in [-0.39, 0.29) is 17.4 Å². The maximum atomic E-state index is 10.5. The van der Waals surface area contributed by atoms with Crippen molar-refractivity contribution in [1.29, 1.82) is 0 Å². The molecule has 3 aromatic carbocycles. The van der Waals surface area contributed by atoms with E-state index in [0.717, 1.165) is 22.3 Å². The predicted octanol–water partition coefficient (Wildman–Crippen LogP) is 5.35. The maximum absolute atomic E-state index is 10.5. The van der Waals surface area contributed by atoms with Crippen LogP contribution in [-0.4, -0.2) is 22.5 Å². The van der Waals surface area contributed by atoms with Crippen molar-refractivity contribution in [2.24, 2.45) is 0 Å². The fourth-order valence-electron chi connectivity index (χ4n) is 2.24. The Morgan fingerprint density at radius 3 is 1.29 bits per heavy atom. The molecule has 0 unspecified atom stereocenters. The van der Waals surface area contributed by atoms with Crippen LogP contribution in [0.5, 0.6) is 5.75 Å². The van der Waals surface area contributed by atoms with Crippen LogP contribution in [0.4, 0.5) is 0 Å². The molecule has 3 aromatic rings. The number of phenolic OH excluding ortho intramolecular Hbond substituents is 1. The van der Waals surface area contributed by atoms with Crippen molar-refractivity contribution in [2.45, 2.75) is 26.7 Å². The van der Waals surface area contributed by atoms with Gasteiger partial charge in [0.15, 0.2) is 17.4 Å². The first-order valence-electron chi connectivity index (χ1n) is 8.20. The summed E-state index contributed by atoms with van der Waals surface area (Å²) in [5.41, 5.74) is 3.78. The zero-order valence-corrected chi connectivity index (χ0v) is 13.9. The van der Waals surface area contributed by atoms with Gasteiger partial charge in [-0.1, -0.05) is 106 Å². The number of phenols is 1. The number of unbranched alkanes of at least 4 members (excludes halogenated alkanes) is 1. The van der Waals surface area contributed by atoms with E-state index in [0.29, 0.717) is 5.75 Å². The lowest BCUT2D eigenvalue weighted by Gasteiger charge is -2.10. The van der Waals surface area contributed by atoms with E-state index < -0.39 is 0 Å². The molecule has 3 rings (SSSR count). The van der Waals surface area contributed by atoms with Crippen LogP contribution in [0, 0.1) is 0 Å². The normalized spacial score (nSPS) is 9.42. The SMILES string of the molecule is CCCC.Oc1c(-c2ccccc2)cccc1-c1ccccc1.[AlH3]. The average molecular weight is 334 g/mol. The van der Waals surface area contributed by atoms with Crippen LogP contribution in [0.1, 0.15) is 26.7 Å². The molecule has 0 spiro atoms. The van der Waals surface area contributed by atoms with Crippen molar-refractivity contribution in [3.05, 3.63) is 78.9 Å². The molecule has 124 valence electrons. The number of aromatic hydroxyl groups is 1. The molecular formula is C22H27AlO. The highest BCUT2D eigenvalue weighted by Crippen LogP contribution is 2.37. The molecule has 0 heterocycles. The molecule has 0 saturated carbocycles. The first-order valence-corrected chi connectivity index (χ1v) is 8.20. The van der Waals surface area contributed by atoms with Crippen LogP contribution < -0.4 is 0 Å². The van der Waals surface area contributed by atoms with Crippen molar-refractivity contribution in [3.8, 4) is 28.0 Å². The molecule has 0 aliphatic rings. The van der Waals surface area contributed by atoms with Gasteiger partial charge in [-0.2, -0.15) is 0 Å². The molecule has 0 saturated heterocycles. The zero-order valence-electron chi connectivity index (χ0n) is 13.9. The highest BCUT2D eigenvalue weighted by atomic mass is 27.0. The third kappa shape index (κ3) is 5.27. The quantitative estimate of drug-likeness (QED) is 0.640. The van der Waals surface area contributed by atoms with E-state index >= 15 is 0 Å². The molecule has 0 radical (unpaired) electrons. The second-order valence-electron chi connectivity index (χ2n) is 5.43. The predicted molar refractivity (Wildman–Crippen MR) is 109 cm³/mol. The van der Waals surface area contributed by atoms with Crippen LogP contribution in [0.2, 0.25) is 0 Å². The van der Waals surface area contributed by atoms with Gasteiger partial charge in [-0.05, 0) is 11.1 Å². The number of rotatable bonds is 3. The molecular weight excluding hydrogens is 307 g/mol. The fraction of sp³-hybridized carbons (Fsp3) is 0.182. The molecule has 0 atom stereocenters. The fourth-order valence-corrected chi connectivity index (χ4v) is 2.24. The lowest BCUT2D eigenvalue weighted by molar-refractivity contribution is 0.479. The summed E-state index contributed by atoms with van der Waals surface area (Å²) in [6, 6.07) is 25.7. The molecule has 24 heavy (non-hydrogen) atoms. The molecule has 0 aliphatic carbocycles. The summed E-state index contributed by atoms with van der Waals surface area (Å²) in [5, 5.41) is 10.5. The molecule has 0 aromatic heterocycles. The Labute approximate surface area is 156 Å². The Bertz CT molecular complexity index is 649. The summed E-state index contributed by atoms with van der Waals surface area (Å²) in [5.74, 6) is 0.333. The summed E-state index contributed by atoms with van der Waals surface area (Å²) in [6.07, 6.45) is 2.64. The number of hydrogen-bond donors (Lipinski definition) is 1. The lowest BCUT2D eigenvalue weighted by atomic mass is 9.97. The van der Waals surface area contributed by atoms with Crippen LogP contribution in [0.15, 0.2) is 78.9 Å². The second kappa shape index (κ2) is 10.7. The van der Waals surface area contributed by atoms with E-state index in [2.05, 4.69) is 13.8 Å². The Morgan fingerprint density at radius 1 is 0.583 bits per heavy atom. The number of hydrogen-bond acceptors (Lipinski definition) is 1. The number of benzene rings is 3. The van der Waals surface area contributed by atoms with Crippen LogP contribution in [0.3, 0.4) is 0 Å². The van der Waals surface area contributed by atoms with Gasteiger partial charge >= 0.3 is 0 Å². The van der Waals surface area contributed by atoms with Gasteiger partial charge in [0.25, 0.3) is 0 Å². The topological polar surface area (TPSA) is 20.2 Å². The molecule has 0 bridgehead atoms. The van der Waals surface area contributed by atoms with Crippen molar-refractivity contribution < 1.29 is 5.11 Å². The Morgan fingerprint density at radius 2 is 0.958 bits per heavy atom. The Kier molecular flexibility index (Phi) is 8.94. The highest BCUT2D eigenvalue weighted by molar-refractivity contribution is 5.81. The third-order valence-corrected chi connectivity index (χ3v) is 3.71. The van der Waals surface area contributed by atoms with Crippen molar-refractivity contribution in [3.63, 3.8) is 0 Å². The largest absolute Gasteiger partial charge is 0.507 e. The van der Waals surface area contributed by atoms with Crippen LogP contribution in [-0.2, 0) is 0 Å². The zero-order chi connectivity index (χ0) is 16.5. The smallest absolute Gasteiger partial charge is 0.187 e. The van der Waals surface area contributed by atoms with Crippen molar-refractivity contribution >= 4 is 17.4 Å². The third-order valence-electron chi connectivity index (χ3n) is 3.71. The standard InChI is InChI=1S/C18H14O.C4H10.Al.3H/c19-18-16(14-8-3-1-4-9-14)12-7-13-17(18)15-10-5-2-6-11-15;1-3-4-2;;;;/h1-13,19H;3-4H2,1-2H3;;;;. The van der Waals surface area contributed by atoms with Gasteiger partial charge in [-0.15, -0.1) is 0 Å². The lowest BCUT2D eigenvalue weighted by Crippen LogP contribution is -1.83. The summed E-state index contributed by atoms with van der Waals surface area (Å²) < 4.78 is 0. The van der Waals surface area contributed by atoms with E-state index in [4.69, 9.17) is 0 Å². The van der Waals surface area contributed by atoms with E-state index in [9.17, 15) is 5.11 Å².